The van der Waals surface area contributed by atoms with Gasteiger partial charge >= 0.3 is 6.01 Å². The van der Waals surface area contributed by atoms with Crippen molar-refractivity contribution < 1.29 is 4.74 Å². The Kier molecular flexibility index (Phi) is 2.02. The van der Waals surface area contributed by atoms with Gasteiger partial charge in [0.25, 0.3) is 0 Å². The maximum Gasteiger partial charge on any atom is 0.318 e. The third-order valence-electron chi connectivity index (χ3n) is 3.07. The van der Waals surface area contributed by atoms with Crippen LogP contribution in [-0.4, -0.2) is 22.1 Å². The molecule has 3 rings (SSSR count). The molecule has 0 fully saturated rings. The number of aromatic nitrogens is 3. The van der Waals surface area contributed by atoms with Gasteiger partial charge in [-0.15, -0.1) is 0 Å². The summed E-state index contributed by atoms with van der Waals surface area (Å²) >= 11 is 0. The lowest BCUT2D eigenvalue weighted by Gasteiger charge is -2.06. The predicted octanol–water partition coefficient (Wildman–Crippen LogP) is 1.83. The Hall–Kier alpha value is -1.71. The zero-order chi connectivity index (χ0) is 11.1. The van der Waals surface area contributed by atoms with Gasteiger partial charge < -0.3 is 4.74 Å². The molecule has 0 spiro atoms. The summed E-state index contributed by atoms with van der Waals surface area (Å²) in [5.41, 5.74) is 4.23. The molecule has 0 aliphatic heterocycles. The molecule has 0 saturated heterocycles. The monoisotopic (exact) mass is 215 g/mol. The zero-order valence-electron chi connectivity index (χ0n) is 9.45. The average molecular weight is 215 g/mol. The van der Waals surface area contributed by atoms with Crippen LogP contribution in [-0.2, 0) is 12.8 Å². The lowest BCUT2D eigenvalue weighted by atomic mass is 10.1. The van der Waals surface area contributed by atoms with Gasteiger partial charge in [0.1, 0.15) is 0 Å². The molecule has 0 atom stereocenters. The van der Waals surface area contributed by atoms with Crippen LogP contribution in [0.5, 0.6) is 6.01 Å². The number of hydrogen-bond acceptors (Lipinski definition) is 4. The SMILES string of the molecule is COc1nc(C)c2cc3c(nc2n1)CCC3. The Balaban J connectivity index is 2.31. The molecule has 0 unspecified atom stereocenters. The third kappa shape index (κ3) is 1.33. The van der Waals surface area contributed by atoms with Crippen molar-refractivity contribution >= 4 is 11.0 Å². The molecule has 1 aliphatic carbocycles. The molecule has 4 heteroatoms. The summed E-state index contributed by atoms with van der Waals surface area (Å²) in [5, 5.41) is 1.04. The molecule has 0 bridgehead atoms. The third-order valence-corrected chi connectivity index (χ3v) is 3.07. The van der Waals surface area contributed by atoms with E-state index >= 15 is 0 Å². The standard InChI is InChI=1S/C12H13N3O/c1-7-9-6-8-4-3-5-10(8)14-11(9)15-12(13-7)16-2/h6H,3-5H2,1-2H3. The van der Waals surface area contributed by atoms with E-state index in [4.69, 9.17) is 4.74 Å². The summed E-state index contributed by atoms with van der Waals surface area (Å²) < 4.78 is 5.06. The fraction of sp³-hybridized carbons (Fsp3) is 0.417. The van der Waals surface area contributed by atoms with Crippen LogP contribution in [0.4, 0.5) is 0 Å². The minimum Gasteiger partial charge on any atom is -0.467 e. The number of aryl methyl sites for hydroxylation is 3. The van der Waals surface area contributed by atoms with E-state index < -0.39 is 0 Å². The van der Waals surface area contributed by atoms with Gasteiger partial charge in [-0.3, -0.25) is 0 Å². The van der Waals surface area contributed by atoms with E-state index in [9.17, 15) is 0 Å². The van der Waals surface area contributed by atoms with Crippen molar-refractivity contribution in [3.63, 3.8) is 0 Å². The smallest absolute Gasteiger partial charge is 0.318 e. The Labute approximate surface area is 93.7 Å². The largest absolute Gasteiger partial charge is 0.467 e. The van der Waals surface area contributed by atoms with Gasteiger partial charge in [-0.1, -0.05) is 0 Å². The Morgan fingerprint density at radius 1 is 1.19 bits per heavy atom. The number of rotatable bonds is 1. The molecule has 0 aromatic carbocycles. The Morgan fingerprint density at radius 2 is 2.06 bits per heavy atom. The van der Waals surface area contributed by atoms with Gasteiger partial charge in [0, 0.05) is 11.1 Å². The zero-order valence-corrected chi connectivity index (χ0v) is 9.45. The van der Waals surface area contributed by atoms with E-state index in [1.807, 2.05) is 6.92 Å². The van der Waals surface area contributed by atoms with Crippen molar-refractivity contribution in [2.75, 3.05) is 7.11 Å². The lowest BCUT2D eigenvalue weighted by molar-refractivity contribution is 0.380. The molecule has 2 heterocycles. The van der Waals surface area contributed by atoms with Crippen molar-refractivity contribution in [1.29, 1.82) is 0 Å². The summed E-state index contributed by atoms with van der Waals surface area (Å²) in [6.07, 6.45) is 3.39. The highest BCUT2D eigenvalue weighted by atomic mass is 16.5. The number of nitrogens with zero attached hydrogens (tertiary/aromatic N) is 3. The molecule has 0 radical (unpaired) electrons. The van der Waals surface area contributed by atoms with Crippen LogP contribution in [0.2, 0.25) is 0 Å². The van der Waals surface area contributed by atoms with E-state index in [2.05, 4.69) is 21.0 Å². The summed E-state index contributed by atoms with van der Waals surface area (Å²) in [6.45, 7) is 1.97. The molecular formula is C12H13N3O. The quantitative estimate of drug-likeness (QED) is 0.728. The maximum atomic E-state index is 5.06. The number of ether oxygens (including phenoxy) is 1. The highest BCUT2D eigenvalue weighted by Crippen LogP contribution is 2.25. The van der Waals surface area contributed by atoms with Crippen LogP contribution in [0, 0.1) is 6.92 Å². The van der Waals surface area contributed by atoms with Gasteiger partial charge in [0.05, 0.1) is 12.8 Å². The lowest BCUT2D eigenvalue weighted by Crippen LogP contribution is -1.99. The number of pyridine rings is 1. The van der Waals surface area contributed by atoms with Crippen LogP contribution in [0.1, 0.15) is 23.4 Å². The van der Waals surface area contributed by atoms with E-state index in [0.29, 0.717) is 6.01 Å². The Morgan fingerprint density at radius 3 is 2.88 bits per heavy atom. The summed E-state index contributed by atoms with van der Waals surface area (Å²) in [5.74, 6) is 0. The van der Waals surface area contributed by atoms with Crippen LogP contribution in [0.25, 0.3) is 11.0 Å². The normalized spacial score (nSPS) is 14.1. The number of methoxy groups -OCH3 is 1. The Bertz CT molecular complexity index is 566. The highest BCUT2D eigenvalue weighted by molar-refractivity contribution is 5.78. The van der Waals surface area contributed by atoms with E-state index in [1.165, 1.54) is 17.7 Å². The van der Waals surface area contributed by atoms with Gasteiger partial charge in [0.15, 0.2) is 5.65 Å². The molecule has 4 nitrogen and oxygen atoms in total. The first-order chi connectivity index (χ1) is 7.78. The van der Waals surface area contributed by atoms with E-state index in [1.54, 1.807) is 7.11 Å². The topological polar surface area (TPSA) is 47.9 Å². The van der Waals surface area contributed by atoms with Crippen molar-refractivity contribution in [1.82, 2.24) is 15.0 Å². The van der Waals surface area contributed by atoms with Crippen LogP contribution < -0.4 is 4.74 Å². The van der Waals surface area contributed by atoms with Gasteiger partial charge in [0.2, 0.25) is 0 Å². The molecule has 2 aromatic rings. The van der Waals surface area contributed by atoms with Gasteiger partial charge in [-0.25, -0.2) is 4.98 Å². The molecule has 0 N–H and O–H groups in total. The second-order valence-electron chi connectivity index (χ2n) is 4.11. The van der Waals surface area contributed by atoms with Gasteiger partial charge in [-0.05, 0) is 37.8 Å². The second-order valence-corrected chi connectivity index (χ2v) is 4.11. The summed E-state index contributed by atoms with van der Waals surface area (Å²) in [6, 6.07) is 2.58. The molecule has 1 aliphatic rings. The molecule has 16 heavy (non-hydrogen) atoms. The molecule has 2 aromatic heterocycles. The number of hydrogen-bond donors (Lipinski definition) is 0. The van der Waals surface area contributed by atoms with Crippen molar-refractivity contribution in [2.24, 2.45) is 0 Å². The van der Waals surface area contributed by atoms with Crippen LogP contribution >= 0.6 is 0 Å². The minimum absolute atomic E-state index is 0.399. The first-order valence-electron chi connectivity index (χ1n) is 5.49. The highest BCUT2D eigenvalue weighted by Gasteiger charge is 2.15. The average Bonchev–Trinajstić information content (AvgIpc) is 2.73. The van der Waals surface area contributed by atoms with E-state index in [0.717, 1.165) is 29.6 Å². The molecule has 0 amide bonds. The molecule has 82 valence electrons. The fourth-order valence-corrected chi connectivity index (χ4v) is 2.22. The number of fused-ring (bicyclic) bond motifs is 2. The summed E-state index contributed by atoms with van der Waals surface area (Å²) in [4.78, 5) is 13.2. The second kappa shape index (κ2) is 3.40. The van der Waals surface area contributed by atoms with Crippen molar-refractivity contribution in [3.8, 4) is 6.01 Å². The first kappa shape index (κ1) is 9.51. The fourth-order valence-electron chi connectivity index (χ4n) is 2.22. The van der Waals surface area contributed by atoms with Crippen molar-refractivity contribution in [2.45, 2.75) is 26.2 Å². The minimum atomic E-state index is 0.399. The predicted molar refractivity (Wildman–Crippen MR) is 60.6 cm³/mol. The maximum absolute atomic E-state index is 5.06. The molecule has 0 saturated carbocycles. The van der Waals surface area contributed by atoms with Crippen molar-refractivity contribution in [3.05, 3.63) is 23.0 Å². The van der Waals surface area contributed by atoms with Crippen LogP contribution in [0.15, 0.2) is 6.07 Å². The summed E-state index contributed by atoms with van der Waals surface area (Å²) in [7, 11) is 1.58. The van der Waals surface area contributed by atoms with Crippen LogP contribution in [0.3, 0.4) is 0 Å². The first-order valence-corrected chi connectivity index (χ1v) is 5.49. The molecular weight excluding hydrogens is 202 g/mol. The van der Waals surface area contributed by atoms with E-state index in [-0.39, 0.29) is 0 Å². The van der Waals surface area contributed by atoms with Gasteiger partial charge in [-0.2, -0.15) is 9.97 Å².